The van der Waals surface area contributed by atoms with E-state index >= 15 is 0 Å². The Morgan fingerprint density at radius 2 is 1.39 bits per heavy atom. The van der Waals surface area contributed by atoms with Crippen LogP contribution in [0.1, 0.15) is 37.4 Å². The normalized spacial score (nSPS) is 10.7. The number of hydrogen-bond donors (Lipinski definition) is 3. The van der Waals surface area contributed by atoms with Crippen molar-refractivity contribution in [3.05, 3.63) is 101 Å². The van der Waals surface area contributed by atoms with Crippen LogP contribution in [0.3, 0.4) is 0 Å². The van der Waals surface area contributed by atoms with Crippen molar-refractivity contribution < 1.29 is 29.4 Å². The first-order valence-electron chi connectivity index (χ1n) is 9.21. The Bertz CT molecular complexity index is 1200. The Morgan fingerprint density at radius 3 is 2.03 bits per heavy atom. The second kappa shape index (κ2) is 9.06. The molecule has 1 aliphatic rings. The van der Waals surface area contributed by atoms with Gasteiger partial charge in [0.1, 0.15) is 0 Å². The standard InChI is InChI=1S/C16H12O2.C8H7NO4/c1-10(16(17)18)12-7-4-8-14-13-6-3-2-5-11(13)9-15(12)14;9-13-8(12)6-4-2-1-3-5(6)7(10)11/h2-8H,1,9H2,(H,17,18);1-4H,9H2,(H,10,11). The van der Waals surface area contributed by atoms with Gasteiger partial charge in [0.15, 0.2) is 0 Å². The molecule has 7 heteroatoms. The average Bonchev–Trinajstić information content (AvgIpc) is 3.17. The van der Waals surface area contributed by atoms with Crippen molar-refractivity contribution in [3.63, 3.8) is 0 Å². The second-order valence-electron chi connectivity index (χ2n) is 6.71. The molecule has 0 aromatic heterocycles. The number of aromatic carboxylic acids is 1. The third kappa shape index (κ3) is 4.36. The maximum absolute atomic E-state index is 11.1. The van der Waals surface area contributed by atoms with Gasteiger partial charge < -0.3 is 15.1 Å². The van der Waals surface area contributed by atoms with Crippen molar-refractivity contribution in [2.45, 2.75) is 6.42 Å². The summed E-state index contributed by atoms with van der Waals surface area (Å²) in [5.74, 6) is 1.62. The van der Waals surface area contributed by atoms with Crippen molar-refractivity contribution in [2.75, 3.05) is 0 Å². The third-order valence-corrected chi connectivity index (χ3v) is 4.92. The number of nitrogens with two attached hydrogens (primary N) is 1. The van der Waals surface area contributed by atoms with Crippen LogP contribution in [-0.2, 0) is 16.1 Å². The SMILES string of the molecule is C=C(C(=O)O)c1cccc2c1Cc1ccccc1-2.NOC(=O)c1ccccc1C(=O)O. The van der Waals surface area contributed by atoms with Gasteiger partial charge in [0.25, 0.3) is 0 Å². The molecule has 0 saturated carbocycles. The Balaban J connectivity index is 0.000000187. The molecule has 4 rings (SSSR count). The molecule has 0 fully saturated rings. The van der Waals surface area contributed by atoms with Gasteiger partial charge in [-0.25, -0.2) is 14.4 Å². The molecule has 0 spiro atoms. The maximum Gasteiger partial charge on any atom is 0.357 e. The molecule has 0 bridgehead atoms. The Labute approximate surface area is 178 Å². The number of fused-ring (bicyclic) bond motifs is 3. The van der Waals surface area contributed by atoms with Crippen LogP contribution in [0.4, 0.5) is 0 Å². The summed E-state index contributed by atoms with van der Waals surface area (Å²) in [6, 6.07) is 19.6. The molecule has 3 aromatic rings. The fourth-order valence-electron chi connectivity index (χ4n) is 3.47. The largest absolute Gasteiger partial charge is 0.478 e. The number of aliphatic carboxylic acids is 1. The van der Waals surface area contributed by atoms with E-state index in [1.165, 1.54) is 35.4 Å². The lowest BCUT2D eigenvalue weighted by Crippen LogP contribution is -2.14. The molecule has 7 nitrogen and oxygen atoms in total. The molecule has 0 aliphatic heterocycles. The molecule has 4 N–H and O–H groups in total. The molecule has 3 aromatic carbocycles. The molecule has 0 heterocycles. The van der Waals surface area contributed by atoms with E-state index in [1.807, 2.05) is 30.3 Å². The lowest BCUT2D eigenvalue weighted by molar-refractivity contribution is -0.130. The highest BCUT2D eigenvalue weighted by molar-refractivity contribution is 6.15. The number of hydrogen-bond acceptors (Lipinski definition) is 5. The van der Waals surface area contributed by atoms with Gasteiger partial charge in [-0.05, 0) is 46.4 Å². The first-order valence-corrected chi connectivity index (χ1v) is 9.21. The fourth-order valence-corrected chi connectivity index (χ4v) is 3.47. The average molecular weight is 417 g/mol. The zero-order valence-electron chi connectivity index (χ0n) is 16.4. The van der Waals surface area contributed by atoms with Crippen LogP contribution in [0, 0.1) is 0 Å². The predicted molar refractivity (Wildman–Crippen MR) is 114 cm³/mol. The first kappa shape index (κ1) is 21.5. The molecule has 1 aliphatic carbocycles. The van der Waals surface area contributed by atoms with Crippen LogP contribution in [0.5, 0.6) is 0 Å². The number of rotatable bonds is 4. The maximum atomic E-state index is 11.1. The molecule has 156 valence electrons. The molecule has 0 unspecified atom stereocenters. The van der Waals surface area contributed by atoms with Gasteiger partial charge in [0.2, 0.25) is 0 Å². The zero-order chi connectivity index (χ0) is 22.5. The lowest BCUT2D eigenvalue weighted by Gasteiger charge is -2.07. The number of carbonyl (C=O) groups excluding carboxylic acids is 1. The number of benzene rings is 3. The van der Waals surface area contributed by atoms with Crippen LogP contribution in [0.15, 0.2) is 73.3 Å². The van der Waals surface area contributed by atoms with Gasteiger partial charge in [0, 0.05) is 0 Å². The minimum Gasteiger partial charge on any atom is -0.478 e. The summed E-state index contributed by atoms with van der Waals surface area (Å²) in [6.45, 7) is 3.67. The second-order valence-corrected chi connectivity index (χ2v) is 6.71. The van der Waals surface area contributed by atoms with Gasteiger partial charge in [0.05, 0.1) is 16.7 Å². The minimum absolute atomic E-state index is 0.0579. The molecule has 31 heavy (non-hydrogen) atoms. The lowest BCUT2D eigenvalue weighted by atomic mass is 9.96. The molecule has 0 saturated heterocycles. The number of carboxylic acids is 2. The Morgan fingerprint density at radius 1 is 0.806 bits per heavy atom. The molecule has 0 atom stereocenters. The summed E-state index contributed by atoms with van der Waals surface area (Å²) in [5, 5.41) is 17.7. The van der Waals surface area contributed by atoms with E-state index in [0.717, 1.165) is 23.1 Å². The highest BCUT2D eigenvalue weighted by Gasteiger charge is 2.22. The summed E-state index contributed by atoms with van der Waals surface area (Å²) in [4.78, 5) is 36.5. The summed E-state index contributed by atoms with van der Waals surface area (Å²) in [6.07, 6.45) is 0.786. The molecular weight excluding hydrogens is 398 g/mol. The summed E-state index contributed by atoms with van der Waals surface area (Å²) in [7, 11) is 0. The van der Waals surface area contributed by atoms with Crippen LogP contribution in [-0.4, -0.2) is 28.1 Å². The van der Waals surface area contributed by atoms with Crippen LogP contribution < -0.4 is 5.90 Å². The molecular formula is C24H19NO6. The van der Waals surface area contributed by atoms with Crippen LogP contribution in [0.2, 0.25) is 0 Å². The van der Waals surface area contributed by atoms with E-state index in [0.29, 0.717) is 0 Å². The van der Waals surface area contributed by atoms with Crippen molar-refractivity contribution >= 4 is 23.5 Å². The molecule has 0 amide bonds. The van der Waals surface area contributed by atoms with E-state index in [2.05, 4.69) is 29.4 Å². The Kier molecular flexibility index (Phi) is 6.28. The smallest absolute Gasteiger partial charge is 0.357 e. The van der Waals surface area contributed by atoms with Crippen molar-refractivity contribution in [3.8, 4) is 11.1 Å². The highest BCUT2D eigenvalue weighted by Crippen LogP contribution is 2.39. The van der Waals surface area contributed by atoms with Gasteiger partial charge in [-0.1, -0.05) is 61.2 Å². The number of carboxylic acid groups (broad SMARTS) is 2. The van der Waals surface area contributed by atoms with E-state index < -0.39 is 17.9 Å². The van der Waals surface area contributed by atoms with Gasteiger partial charge in [-0.15, -0.1) is 0 Å². The summed E-state index contributed by atoms with van der Waals surface area (Å²) < 4.78 is 0. The zero-order valence-corrected chi connectivity index (χ0v) is 16.4. The topological polar surface area (TPSA) is 127 Å². The minimum atomic E-state index is -1.19. The fraction of sp³-hybridized carbons (Fsp3) is 0.0417. The van der Waals surface area contributed by atoms with E-state index in [9.17, 15) is 14.4 Å². The van der Waals surface area contributed by atoms with E-state index in [4.69, 9.17) is 10.2 Å². The third-order valence-electron chi connectivity index (χ3n) is 4.92. The van der Waals surface area contributed by atoms with Crippen molar-refractivity contribution in [1.29, 1.82) is 0 Å². The Hall–Kier alpha value is -4.23. The van der Waals surface area contributed by atoms with Gasteiger partial charge in [-0.3, -0.25) is 0 Å². The van der Waals surface area contributed by atoms with Crippen molar-refractivity contribution in [2.24, 2.45) is 5.90 Å². The van der Waals surface area contributed by atoms with Crippen molar-refractivity contribution in [1.82, 2.24) is 0 Å². The molecule has 0 radical (unpaired) electrons. The monoisotopic (exact) mass is 417 g/mol. The van der Waals surface area contributed by atoms with Gasteiger partial charge in [-0.2, -0.15) is 5.90 Å². The van der Waals surface area contributed by atoms with Gasteiger partial charge >= 0.3 is 17.9 Å². The predicted octanol–water partition coefficient (Wildman–Crippen LogP) is 3.77. The summed E-state index contributed by atoms with van der Waals surface area (Å²) >= 11 is 0. The van der Waals surface area contributed by atoms with Crippen LogP contribution in [0.25, 0.3) is 16.7 Å². The summed E-state index contributed by atoms with van der Waals surface area (Å²) in [5.41, 5.74) is 5.38. The van der Waals surface area contributed by atoms with Crippen LogP contribution >= 0.6 is 0 Å². The first-order chi connectivity index (χ1) is 14.8. The van der Waals surface area contributed by atoms with E-state index in [-0.39, 0.29) is 16.7 Å². The quantitative estimate of drug-likeness (QED) is 0.341. The highest BCUT2D eigenvalue weighted by atomic mass is 16.7. The van der Waals surface area contributed by atoms with E-state index in [1.54, 1.807) is 0 Å². The number of carbonyl (C=O) groups is 3.